The Balaban J connectivity index is 3.09. The Kier molecular flexibility index (Phi) is 5.29. The second kappa shape index (κ2) is 6.56. The van der Waals surface area contributed by atoms with E-state index in [4.69, 9.17) is 5.11 Å². The molecule has 21 heavy (non-hydrogen) atoms. The first-order chi connectivity index (χ1) is 9.69. The number of halogens is 1. The molecule has 1 aromatic rings. The molecule has 1 rings (SSSR count). The van der Waals surface area contributed by atoms with Crippen LogP contribution in [-0.4, -0.2) is 44.2 Å². The largest absolute Gasteiger partial charge is 0.479 e. The Morgan fingerprint density at radius 1 is 1.57 bits per heavy atom. The van der Waals surface area contributed by atoms with E-state index in [2.05, 4.69) is 4.74 Å². The van der Waals surface area contributed by atoms with E-state index in [9.17, 15) is 27.7 Å². The first-order valence-corrected chi connectivity index (χ1v) is 6.86. The minimum atomic E-state index is -4.39. The maximum atomic E-state index is 13.0. The number of carboxylic acids is 1. The molecule has 116 valence electrons. The van der Waals surface area contributed by atoms with Gasteiger partial charge in [-0.3, -0.25) is 10.1 Å². The Hall–Kier alpha value is -2.11. The molecule has 2 N–H and O–H groups in total. The molecule has 0 saturated carbocycles. The first-order valence-electron chi connectivity index (χ1n) is 5.38. The third-order valence-electron chi connectivity index (χ3n) is 2.43. The summed E-state index contributed by atoms with van der Waals surface area (Å²) in [6, 6.07) is 1.92. The highest BCUT2D eigenvalue weighted by molar-refractivity contribution is 7.89. The van der Waals surface area contributed by atoms with Crippen LogP contribution < -0.4 is 4.72 Å². The average Bonchev–Trinajstić information content (AvgIpc) is 2.38. The highest BCUT2D eigenvalue weighted by Crippen LogP contribution is 2.24. The fourth-order valence-electron chi connectivity index (χ4n) is 1.40. The van der Waals surface area contributed by atoms with Gasteiger partial charge in [0.1, 0.15) is 5.82 Å². The minimum Gasteiger partial charge on any atom is -0.479 e. The van der Waals surface area contributed by atoms with Crippen molar-refractivity contribution in [3.63, 3.8) is 0 Å². The van der Waals surface area contributed by atoms with Gasteiger partial charge in [0.2, 0.25) is 10.0 Å². The van der Waals surface area contributed by atoms with Gasteiger partial charge in [0.15, 0.2) is 11.0 Å². The molecule has 0 aliphatic heterocycles. The van der Waals surface area contributed by atoms with Crippen LogP contribution in [0.3, 0.4) is 0 Å². The summed E-state index contributed by atoms with van der Waals surface area (Å²) in [7, 11) is -3.33. The number of rotatable bonds is 7. The van der Waals surface area contributed by atoms with Crippen molar-refractivity contribution >= 4 is 21.7 Å². The quantitative estimate of drug-likeness (QED) is 0.537. The summed E-state index contributed by atoms with van der Waals surface area (Å²) in [6.45, 7) is -0.636. The number of nitrogens with one attached hydrogen (secondary N) is 1. The molecule has 0 aliphatic carbocycles. The van der Waals surface area contributed by atoms with Crippen molar-refractivity contribution < 1.29 is 32.4 Å². The Morgan fingerprint density at radius 2 is 2.19 bits per heavy atom. The van der Waals surface area contributed by atoms with Gasteiger partial charge in [0, 0.05) is 13.7 Å². The molecule has 0 radical (unpaired) electrons. The van der Waals surface area contributed by atoms with E-state index in [1.807, 2.05) is 4.72 Å². The summed E-state index contributed by atoms with van der Waals surface area (Å²) < 4.78 is 43.2. The summed E-state index contributed by atoms with van der Waals surface area (Å²) in [5.74, 6) is -2.38. The van der Waals surface area contributed by atoms with E-state index in [1.165, 1.54) is 0 Å². The number of hydrogen-bond acceptors (Lipinski definition) is 6. The average molecular weight is 322 g/mol. The van der Waals surface area contributed by atoms with Crippen molar-refractivity contribution in [3.8, 4) is 0 Å². The van der Waals surface area contributed by atoms with E-state index in [-0.39, 0.29) is 0 Å². The van der Waals surface area contributed by atoms with E-state index in [1.54, 1.807) is 0 Å². The molecular formula is C10H11FN2O7S. The van der Waals surface area contributed by atoms with Crippen LogP contribution in [-0.2, 0) is 19.6 Å². The van der Waals surface area contributed by atoms with Gasteiger partial charge in [-0.25, -0.2) is 22.3 Å². The summed E-state index contributed by atoms with van der Waals surface area (Å²) >= 11 is 0. The monoisotopic (exact) mass is 322 g/mol. The summed E-state index contributed by atoms with van der Waals surface area (Å²) in [5, 5.41) is 19.5. The van der Waals surface area contributed by atoms with Crippen LogP contribution in [0.25, 0.3) is 0 Å². The molecule has 0 saturated heterocycles. The number of benzene rings is 1. The van der Waals surface area contributed by atoms with Gasteiger partial charge in [-0.1, -0.05) is 0 Å². The third kappa shape index (κ3) is 4.18. The first kappa shape index (κ1) is 16.9. The van der Waals surface area contributed by atoms with Gasteiger partial charge in [-0.05, 0) is 12.1 Å². The Bertz CT molecular complexity index is 661. The molecule has 0 spiro atoms. The van der Waals surface area contributed by atoms with Crippen molar-refractivity contribution in [1.82, 2.24) is 4.72 Å². The maximum absolute atomic E-state index is 13.0. The summed E-state index contributed by atoms with van der Waals surface area (Å²) in [4.78, 5) is 19.6. The molecule has 0 aromatic heterocycles. The summed E-state index contributed by atoms with van der Waals surface area (Å²) in [6.07, 6.45) is -1.46. The number of ether oxygens (including phenoxy) is 1. The molecule has 0 aliphatic rings. The number of nitro groups is 1. The Morgan fingerprint density at radius 3 is 2.67 bits per heavy atom. The second-order valence-electron chi connectivity index (χ2n) is 3.78. The zero-order chi connectivity index (χ0) is 16.2. The van der Waals surface area contributed by atoms with Gasteiger partial charge >= 0.3 is 5.97 Å². The predicted octanol–water partition coefficient (Wildman–Crippen LogP) is 0.112. The number of hydrogen-bond donors (Lipinski definition) is 2. The fourth-order valence-corrected chi connectivity index (χ4v) is 2.58. The van der Waals surface area contributed by atoms with Crippen LogP contribution in [0, 0.1) is 15.9 Å². The van der Waals surface area contributed by atoms with Crippen molar-refractivity contribution in [2.75, 3.05) is 13.7 Å². The number of aliphatic carboxylic acids is 1. The fraction of sp³-hybridized carbons (Fsp3) is 0.300. The predicted molar refractivity (Wildman–Crippen MR) is 66.7 cm³/mol. The maximum Gasteiger partial charge on any atom is 0.334 e. The number of sulfonamides is 1. The lowest BCUT2D eigenvalue weighted by Crippen LogP contribution is -2.38. The van der Waals surface area contributed by atoms with Crippen LogP contribution in [0.5, 0.6) is 0 Å². The van der Waals surface area contributed by atoms with Crippen LogP contribution in [0.2, 0.25) is 0 Å². The van der Waals surface area contributed by atoms with Gasteiger partial charge in [-0.2, -0.15) is 0 Å². The van der Waals surface area contributed by atoms with E-state index in [0.29, 0.717) is 6.07 Å². The molecule has 1 unspecified atom stereocenters. The van der Waals surface area contributed by atoms with E-state index in [0.717, 1.165) is 19.2 Å². The highest BCUT2D eigenvalue weighted by Gasteiger charge is 2.28. The molecule has 0 amide bonds. The van der Waals surface area contributed by atoms with Crippen molar-refractivity contribution in [2.24, 2.45) is 0 Å². The molecule has 11 heteroatoms. The van der Waals surface area contributed by atoms with Crippen molar-refractivity contribution in [3.05, 3.63) is 34.1 Å². The minimum absolute atomic E-state index is 0.458. The topological polar surface area (TPSA) is 136 Å². The number of methoxy groups -OCH3 is 1. The molecule has 0 heterocycles. The highest BCUT2D eigenvalue weighted by atomic mass is 32.2. The lowest BCUT2D eigenvalue weighted by Gasteiger charge is -2.12. The third-order valence-corrected chi connectivity index (χ3v) is 3.90. The zero-order valence-electron chi connectivity index (χ0n) is 10.6. The molecule has 9 nitrogen and oxygen atoms in total. The number of nitro benzene ring substituents is 1. The number of nitrogens with zero attached hydrogens (tertiary/aromatic N) is 1. The van der Waals surface area contributed by atoms with Crippen LogP contribution in [0.1, 0.15) is 0 Å². The second-order valence-corrected chi connectivity index (χ2v) is 5.52. The van der Waals surface area contributed by atoms with Crippen LogP contribution in [0.15, 0.2) is 23.1 Å². The van der Waals surface area contributed by atoms with Gasteiger partial charge in [-0.15, -0.1) is 0 Å². The van der Waals surface area contributed by atoms with E-state index < -0.39 is 50.0 Å². The van der Waals surface area contributed by atoms with Crippen molar-refractivity contribution in [1.29, 1.82) is 0 Å². The molecular weight excluding hydrogens is 311 g/mol. The summed E-state index contributed by atoms with van der Waals surface area (Å²) in [5.41, 5.74) is -0.952. The lowest BCUT2D eigenvalue weighted by atomic mass is 10.3. The van der Waals surface area contributed by atoms with Gasteiger partial charge in [0.05, 0.1) is 11.0 Å². The zero-order valence-corrected chi connectivity index (χ0v) is 11.5. The number of carboxylic acid groups (broad SMARTS) is 1. The van der Waals surface area contributed by atoms with Crippen LogP contribution >= 0.6 is 0 Å². The molecule has 1 atom stereocenters. The van der Waals surface area contributed by atoms with Gasteiger partial charge < -0.3 is 9.84 Å². The lowest BCUT2D eigenvalue weighted by molar-refractivity contribution is -0.388. The van der Waals surface area contributed by atoms with Crippen molar-refractivity contribution in [2.45, 2.75) is 11.0 Å². The Labute approximate surface area is 118 Å². The molecule has 1 aromatic carbocycles. The van der Waals surface area contributed by atoms with Crippen LogP contribution in [0.4, 0.5) is 10.1 Å². The molecule has 0 bridgehead atoms. The molecule has 0 fully saturated rings. The van der Waals surface area contributed by atoms with E-state index >= 15 is 0 Å². The SMILES string of the molecule is COC(CNS(=O)(=O)c1ccc(F)cc1[N+](=O)[O-])C(=O)O. The standard InChI is InChI=1S/C10H11FN2O7S/c1-20-8(10(14)15)5-12-21(18,19)9-3-2-6(11)4-7(9)13(16)17/h2-4,8,12H,5H2,1H3,(H,14,15). The van der Waals surface area contributed by atoms with Gasteiger partial charge in [0.25, 0.3) is 5.69 Å². The smallest absolute Gasteiger partial charge is 0.334 e. The normalized spacial score (nSPS) is 12.9. The number of carbonyl (C=O) groups is 1.